The van der Waals surface area contributed by atoms with Gasteiger partial charge in [-0.25, -0.2) is 4.98 Å². The van der Waals surface area contributed by atoms with Crippen molar-refractivity contribution in [1.82, 2.24) is 9.97 Å². The summed E-state index contributed by atoms with van der Waals surface area (Å²) in [5, 5.41) is 3.61. The average Bonchev–Trinajstić information content (AvgIpc) is 2.69. The maximum atomic E-state index is 4.79. The van der Waals surface area contributed by atoms with Crippen molar-refractivity contribution in [2.75, 3.05) is 41.3 Å². The molecule has 1 aromatic carbocycles. The Bertz CT molecular complexity index is 718. The summed E-state index contributed by atoms with van der Waals surface area (Å²) in [7, 11) is 0. The molecule has 2 heterocycles. The number of anilines is 3. The van der Waals surface area contributed by atoms with Gasteiger partial charge in [0.2, 0.25) is 5.95 Å². The molecular formula is C21H29N5. The summed E-state index contributed by atoms with van der Waals surface area (Å²) in [6.45, 7) is 6.08. The minimum Gasteiger partial charge on any atom is -0.368 e. The number of benzene rings is 1. The lowest BCUT2D eigenvalue weighted by Gasteiger charge is -2.36. The number of aromatic nitrogens is 2. The molecule has 0 radical (unpaired) electrons. The SMILES string of the molecule is Cc1cccc(N2CCN(c3nccc(NC4CCCCC4)n3)CC2)c1. The van der Waals surface area contributed by atoms with Gasteiger partial charge < -0.3 is 15.1 Å². The Morgan fingerprint density at radius 3 is 2.50 bits per heavy atom. The smallest absolute Gasteiger partial charge is 0.227 e. The second-order valence-electron chi connectivity index (χ2n) is 7.53. The van der Waals surface area contributed by atoms with Gasteiger partial charge in [-0.3, -0.25) is 0 Å². The van der Waals surface area contributed by atoms with Gasteiger partial charge in [0.25, 0.3) is 0 Å². The minimum atomic E-state index is 0.574. The van der Waals surface area contributed by atoms with Crippen LogP contribution in [0.5, 0.6) is 0 Å². The van der Waals surface area contributed by atoms with Crippen LogP contribution in [0.15, 0.2) is 36.5 Å². The first-order valence-corrected chi connectivity index (χ1v) is 9.94. The molecule has 2 aromatic rings. The minimum absolute atomic E-state index is 0.574. The van der Waals surface area contributed by atoms with Crippen LogP contribution < -0.4 is 15.1 Å². The predicted octanol–water partition coefficient (Wildman–Crippen LogP) is 3.86. The monoisotopic (exact) mass is 351 g/mol. The molecule has 1 saturated heterocycles. The van der Waals surface area contributed by atoms with Crippen molar-refractivity contribution < 1.29 is 0 Å². The summed E-state index contributed by atoms with van der Waals surface area (Å²) in [5.41, 5.74) is 2.63. The van der Waals surface area contributed by atoms with Gasteiger partial charge in [-0.1, -0.05) is 31.4 Å². The fourth-order valence-electron chi connectivity index (χ4n) is 4.03. The molecule has 1 saturated carbocycles. The maximum absolute atomic E-state index is 4.79. The number of nitrogens with one attached hydrogen (secondary N) is 1. The standard InChI is InChI=1S/C21H29N5/c1-17-6-5-9-19(16-17)25-12-14-26(15-13-25)21-22-11-10-20(24-21)23-18-7-3-2-4-8-18/h5-6,9-11,16,18H,2-4,7-8,12-15H2,1H3,(H,22,23,24). The van der Waals surface area contributed by atoms with E-state index < -0.39 is 0 Å². The topological polar surface area (TPSA) is 44.3 Å². The van der Waals surface area contributed by atoms with Gasteiger partial charge in [-0.15, -0.1) is 0 Å². The molecule has 1 aliphatic heterocycles. The summed E-state index contributed by atoms with van der Waals surface area (Å²) in [6, 6.07) is 11.3. The third-order valence-corrected chi connectivity index (χ3v) is 5.53. The number of rotatable bonds is 4. The van der Waals surface area contributed by atoms with Gasteiger partial charge in [0.05, 0.1) is 0 Å². The highest BCUT2D eigenvalue weighted by Gasteiger charge is 2.20. The van der Waals surface area contributed by atoms with E-state index in [0.29, 0.717) is 6.04 Å². The summed E-state index contributed by atoms with van der Waals surface area (Å²) in [6.07, 6.45) is 8.44. The molecule has 26 heavy (non-hydrogen) atoms. The van der Waals surface area contributed by atoms with E-state index in [0.717, 1.165) is 37.9 Å². The van der Waals surface area contributed by atoms with Gasteiger partial charge in [-0.2, -0.15) is 4.98 Å². The van der Waals surface area contributed by atoms with Gasteiger partial charge >= 0.3 is 0 Å². The number of hydrogen-bond acceptors (Lipinski definition) is 5. The van der Waals surface area contributed by atoms with Crippen molar-refractivity contribution >= 4 is 17.5 Å². The highest BCUT2D eigenvalue weighted by molar-refractivity contribution is 5.50. The molecule has 0 atom stereocenters. The number of piperazine rings is 1. The third-order valence-electron chi connectivity index (χ3n) is 5.53. The Balaban J connectivity index is 1.37. The molecule has 0 bridgehead atoms. The van der Waals surface area contributed by atoms with E-state index in [9.17, 15) is 0 Å². The number of nitrogens with zero attached hydrogens (tertiary/aromatic N) is 4. The number of aryl methyl sites for hydroxylation is 1. The zero-order chi connectivity index (χ0) is 17.8. The molecule has 2 aliphatic rings. The van der Waals surface area contributed by atoms with Crippen LogP contribution in [0.1, 0.15) is 37.7 Å². The zero-order valence-electron chi connectivity index (χ0n) is 15.7. The van der Waals surface area contributed by atoms with Gasteiger partial charge in [0.15, 0.2) is 0 Å². The van der Waals surface area contributed by atoms with Crippen LogP contribution in [0.25, 0.3) is 0 Å². The highest BCUT2D eigenvalue weighted by Crippen LogP contribution is 2.23. The van der Waals surface area contributed by atoms with Crippen molar-refractivity contribution in [3.63, 3.8) is 0 Å². The lowest BCUT2D eigenvalue weighted by molar-refractivity contribution is 0.462. The molecule has 5 nitrogen and oxygen atoms in total. The van der Waals surface area contributed by atoms with Crippen LogP contribution >= 0.6 is 0 Å². The molecule has 4 rings (SSSR count). The van der Waals surface area contributed by atoms with Crippen LogP contribution in [0, 0.1) is 6.92 Å². The van der Waals surface area contributed by atoms with Gasteiger partial charge in [0, 0.05) is 44.1 Å². The summed E-state index contributed by atoms with van der Waals surface area (Å²) >= 11 is 0. The number of hydrogen-bond donors (Lipinski definition) is 1. The molecule has 1 aromatic heterocycles. The van der Waals surface area contributed by atoms with E-state index in [1.165, 1.54) is 43.4 Å². The van der Waals surface area contributed by atoms with Crippen molar-refractivity contribution in [1.29, 1.82) is 0 Å². The first-order valence-electron chi connectivity index (χ1n) is 9.94. The Morgan fingerprint density at radius 2 is 1.73 bits per heavy atom. The molecule has 0 unspecified atom stereocenters. The summed E-state index contributed by atoms with van der Waals surface area (Å²) in [5.74, 6) is 1.83. The summed E-state index contributed by atoms with van der Waals surface area (Å²) < 4.78 is 0. The second kappa shape index (κ2) is 7.94. The van der Waals surface area contributed by atoms with Crippen LogP contribution in [-0.4, -0.2) is 42.2 Å². The van der Waals surface area contributed by atoms with E-state index >= 15 is 0 Å². The molecule has 1 N–H and O–H groups in total. The Morgan fingerprint density at radius 1 is 0.962 bits per heavy atom. The maximum Gasteiger partial charge on any atom is 0.227 e. The largest absolute Gasteiger partial charge is 0.368 e. The molecule has 2 fully saturated rings. The normalized spacial score (nSPS) is 18.8. The van der Waals surface area contributed by atoms with Crippen molar-refractivity contribution in [3.8, 4) is 0 Å². The summed E-state index contributed by atoms with van der Waals surface area (Å²) in [4.78, 5) is 14.1. The molecule has 5 heteroatoms. The first-order chi connectivity index (χ1) is 12.8. The lowest BCUT2D eigenvalue weighted by atomic mass is 9.95. The van der Waals surface area contributed by atoms with E-state index in [2.05, 4.69) is 51.3 Å². The van der Waals surface area contributed by atoms with Crippen LogP contribution in [0.3, 0.4) is 0 Å². The Hall–Kier alpha value is -2.30. The van der Waals surface area contributed by atoms with E-state index in [1.807, 2.05) is 12.3 Å². The van der Waals surface area contributed by atoms with Gasteiger partial charge in [-0.05, 0) is 43.5 Å². The first kappa shape index (κ1) is 17.1. The van der Waals surface area contributed by atoms with E-state index in [4.69, 9.17) is 4.98 Å². The second-order valence-corrected chi connectivity index (χ2v) is 7.53. The van der Waals surface area contributed by atoms with Crippen LogP contribution in [0.4, 0.5) is 17.5 Å². The van der Waals surface area contributed by atoms with Crippen LogP contribution in [-0.2, 0) is 0 Å². The molecule has 138 valence electrons. The van der Waals surface area contributed by atoms with Crippen LogP contribution in [0.2, 0.25) is 0 Å². The lowest BCUT2D eigenvalue weighted by Crippen LogP contribution is -2.47. The average molecular weight is 351 g/mol. The molecular weight excluding hydrogens is 322 g/mol. The molecule has 0 amide bonds. The van der Waals surface area contributed by atoms with E-state index in [-0.39, 0.29) is 0 Å². The molecule has 0 spiro atoms. The Labute approximate surface area is 156 Å². The van der Waals surface area contributed by atoms with Crippen molar-refractivity contribution in [3.05, 3.63) is 42.1 Å². The van der Waals surface area contributed by atoms with Crippen molar-refractivity contribution in [2.45, 2.75) is 45.1 Å². The van der Waals surface area contributed by atoms with Crippen molar-refractivity contribution in [2.24, 2.45) is 0 Å². The van der Waals surface area contributed by atoms with Gasteiger partial charge in [0.1, 0.15) is 5.82 Å². The zero-order valence-corrected chi connectivity index (χ0v) is 15.7. The highest BCUT2D eigenvalue weighted by atomic mass is 15.3. The predicted molar refractivity (Wildman–Crippen MR) is 108 cm³/mol. The van der Waals surface area contributed by atoms with E-state index in [1.54, 1.807) is 0 Å². The Kier molecular flexibility index (Phi) is 5.23. The fourth-order valence-corrected chi connectivity index (χ4v) is 4.03. The molecule has 1 aliphatic carbocycles. The third kappa shape index (κ3) is 4.09. The fraction of sp³-hybridized carbons (Fsp3) is 0.524. The quantitative estimate of drug-likeness (QED) is 0.906.